The SMILES string of the molecule is O=C(CCCc1ccc(Br)cc1)c1ccc(Oc2cc3c(cc2Cl)C(C(=O)O)CCO3)cc1. The largest absolute Gasteiger partial charge is 0.493 e. The third kappa shape index (κ3) is 5.75. The molecule has 1 aliphatic rings. The van der Waals surface area contributed by atoms with Crippen molar-refractivity contribution in [1.82, 2.24) is 0 Å². The lowest BCUT2D eigenvalue weighted by Gasteiger charge is -2.24. The number of carboxylic acid groups (broad SMARTS) is 1. The van der Waals surface area contributed by atoms with E-state index in [0.717, 1.165) is 17.3 Å². The number of carbonyl (C=O) groups is 2. The summed E-state index contributed by atoms with van der Waals surface area (Å²) in [5, 5.41) is 9.72. The molecule has 0 saturated heterocycles. The van der Waals surface area contributed by atoms with E-state index in [9.17, 15) is 14.7 Å². The average Bonchev–Trinajstić information content (AvgIpc) is 2.81. The van der Waals surface area contributed by atoms with Crippen molar-refractivity contribution < 1.29 is 24.2 Å². The number of hydrogen-bond donors (Lipinski definition) is 1. The quantitative estimate of drug-likeness (QED) is 0.317. The molecule has 7 heteroatoms. The molecule has 1 unspecified atom stereocenters. The zero-order valence-electron chi connectivity index (χ0n) is 17.7. The molecule has 0 fully saturated rings. The summed E-state index contributed by atoms with van der Waals surface area (Å²) in [6.07, 6.45) is 2.50. The van der Waals surface area contributed by atoms with Gasteiger partial charge in [-0.3, -0.25) is 9.59 Å². The number of carbonyl (C=O) groups excluding carboxylic acids is 1. The van der Waals surface area contributed by atoms with Crippen molar-refractivity contribution in [1.29, 1.82) is 0 Å². The molecule has 0 aromatic heterocycles. The fourth-order valence-corrected chi connectivity index (χ4v) is 4.28. The van der Waals surface area contributed by atoms with E-state index in [4.69, 9.17) is 21.1 Å². The second-order valence-corrected chi connectivity index (χ2v) is 9.20. The zero-order valence-corrected chi connectivity index (χ0v) is 20.1. The van der Waals surface area contributed by atoms with Gasteiger partial charge in [-0.1, -0.05) is 39.7 Å². The Balaban J connectivity index is 1.38. The molecule has 1 heterocycles. The molecule has 0 bridgehead atoms. The zero-order chi connectivity index (χ0) is 23.4. The third-order valence-electron chi connectivity index (χ3n) is 5.59. The van der Waals surface area contributed by atoms with Crippen LogP contribution in [0.15, 0.2) is 65.1 Å². The van der Waals surface area contributed by atoms with Crippen molar-refractivity contribution in [2.75, 3.05) is 6.61 Å². The van der Waals surface area contributed by atoms with Gasteiger partial charge in [0.05, 0.1) is 17.5 Å². The Kier molecular flexibility index (Phi) is 7.36. The standard InChI is InChI=1S/C26H22BrClO5/c27-18-8-4-16(5-9-18)2-1-3-23(29)17-6-10-19(11-7-17)33-25-15-24-21(14-22(25)28)20(26(30)31)12-13-32-24/h4-11,14-15,20H,1-3,12-13H2,(H,30,31). The highest BCUT2D eigenvalue weighted by molar-refractivity contribution is 9.10. The molecule has 1 aliphatic heterocycles. The lowest BCUT2D eigenvalue weighted by molar-refractivity contribution is -0.139. The summed E-state index contributed by atoms with van der Waals surface area (Å²) in [7, 11) is 0. The van der Waals surface area contributed by atoms with Crippen LogP contribution in [0.25, 0.3) is 0 Å². The number of fused-ring (bicyclic) bond motifs is 1. The molecule has 0 aliphatic carbocycles. The van der Waals surface area contributed by atoms with Gasteiger partial charge in [-0.15, -0.1) is 0 Å². The van der Waals surface area contributed by atoms with Crippen molar-refractivity contribution in [3.05, 3.63) is 86.8 Å². The summed E-state index contributed by atoms with van der Waals surface area (Å²) in [6, 6.07) is 18.2. The maximum atomic E-state index is 12.5. The van der Waals surface area contributed by atoms with Gasteiger partial charge in [-0.2, -0.15) is 0 Å². The van der Waals surface area contributed by atoms with Crippen LogP contribution in [0.2, 0.25) is 5.02 Å². The highest BCUT2D eigenvalue weighted by Gasteiger charge is 2.29. The first-order valence-electron chi connectivity index (χ1n) is 10.7. The van der Waals surface area contributed by atoms with Crippen LogP contribution in [0.4, 0.5) is 0 Å². The van der Waals surface area contributed by atoms with Gasteiger partial charge < -0.3 is 14.6 Å². The number of hydrogen-bond acceptors (Lipinski definition) is 4. The fraction of sp³-hybridized carbons (Fsp3) is 0.231. The second-order valence-electron chi connectivity index (χ2n) is 7.88. The summed E-state index contributed by atoms with van der Waals surface area (Å²) in [6.45, 7) is 0.323. The summed E-state index contributed by atoms with van der Waals surface area (Å²) in [4.78, 5) is 24.0. The van der Waals surface area contributed by atoms with Crippen LogP contribution in [0.3, 0.4) is 0 Å². The van der Waals surface area contributed by atoms with E-state index in [2.05, 4.69) is 28.1 Å². The molecule has 0 amide bonds. The number of aryl methyl sites for hydroxylation is 1. The number of Topliss-reactive ketones (excluding diaryl/α,β-unsaturated/α-hetero) is 1. The van der Waals surface area contributed by atoms with Crippen LogP contribution in [0, 0.1) is 0 Å². The Morgan fingerprint density at radius 3 is 2.52 bits per heavy atom. The summed E-state index contributed by atoms with van der Waals surface area (Å²) in [5.74, 6) is -0.108. The molecule has 33 heavy (non-hydrogen) atoms. The Morgan fingerprint density at radius 1 is 1.09 bits per heavy atom. The topological polar surface area (TPSA) is 72.8 Å². The van der Waals surface area contributed by atoms with Gasteiger partial charge in [0.15, 0.2) is 5.78 Å². The Hall–Kier alpha value is -2.83. The van der Waals surface area contributed by atoms with E-state index < -0.39 is 11.9 Å². The van der Waals surface area contributed by atoms with Crippen LogP contribution >= 0.6 is 27.5 Å². The van der Waals surface area contributed by atoms with Gasteiger partial charge in [0.25, 0.3) is 0 Å². The van der Waals surface area contributed by atoms with Crippen molar-refractivity contribution >= 4 is 39.3 Å². The average molecular weight is 530 g/mol. The second kappa shape index (κ2) is 10.4. The minimum atomic E-state index is -0.901. The van der Waals surface area contributed by atoms with Gasteiger partial charge in [0.2, 0.25) is 0 Å². The Labute approximate surface area is 205 Å². The van der Waals surface area contributed by atoms with E-state index in [-0.39, 0.29) is 5.78 Å². The molecule has 0 spiro atoms. The summed E-state index contributed by atoms with van der Waals surface area (Å²) >= 11 is 9.77. The summed E-state index contributed by atoms with van der Waals surface area (Å²) in [5.41, 5.74) is 2.38. The van der Waals surface area contributed by atoms with Crippen LogP contribution in [0.1, 0.15) is 46.7 Å². The lowest BCUT2D eigenvalue weighted by atomic mass is 9.93. The third-order valence-corrected chi connectivity index (χ3v) is 6.41. The smallest absolute Gasteiger partial charge is 0.311 e. The molecule has 1 atom stereocenters. The Morgan fingerprint density at radius 2 is 1.82 bits per heavy atom. The number of carboxylic acids is 1. The highest BCUT2D eigenvalue weighted by atomic mass is 79.9. The minimum absolute atomic E-state index is 0.0820. The van der Waals surface area contributed by atoms with Gasteiger partial charge in [0, 0.05) is 28.1 Å². The molecule has 3 aromatic carbocycles. The first kappa shape index (κ1) is 23.3. The summed E-state index contributed by atoms with van der Waals surface area (Å²) < 4.78 is 12.5. The number of benzene rings is 3. The van der Waals surface area contributed by atoms with E-state index in [0.29, 0.717) is 52.8 Å². The molecule has 4 rings (SSSR count). The normalized spacial score (nSPS) is 14.8. The molecule has 170 valence electrons. The van der Waals surface area contributed by atoms with Crippen LogP contribution in [-0.2, 0) is 11.2 Å². The number of halogens is 2. The molecular formula is C26H22BrClO5. The molecule has 0 radical (unpaired) electrons. The van der Waals surface area contributed by atoms with Crippen molar-refractivity contribution in [2.24, 2.45) is 0 Å². The molecule has 1 N–H and O–H groups in total. The highest BCUT2D eigenvalue weighted by Crippen LogP contribution is 2.41. The molecule has 0 saturated carbocycles. The van der Waals surface area contributed by atoms with Crippen molar-refractivity contribution in [3.63, 3.8) is 0 Å². The first-order valence-corrected chi connectivity index (χ1v) is 11.8. The van der Waals surface area contributed by atoms with Gasteiger partial charge in [-0.25, -0.2) is 0 Å². The minimum Gasteiger partial charge on any atom is -0.493 e. The van der Waals surface area contributed by atoms with E-state index in [1.165, 1.54) is 5.56 Å². The fourth-order valence-electron chi connectivity index (χ4n) is 3.81. The van der Waals surface area contributed by atoms with Crippen LogP contribution in [0.5, 0.6) is 17.2 Å². The molecule has 3 aromatic rings. The molecule has 5 nitrogen and oxygen atoms in total. The first-order chi connectivity index (χ1) is 15.9. The van der Waals surface area contributed by atoms with Crippen molar-refractivity contribution in [2.45, 2.75) is 31.6 Å². The van der Waals surface area contributed by atoms with Crippen LogP contribution in [-0.4, -0.2) is 23.5 Å². The maximum absolute atomic E-state index is 12.5. The number of ketones is 1. The Bertz CT molecular complexity index is 1160. The van der Waals surface area contributed by atoms with Gasteiger partial charge in [-0.05, 0) is 67.3 Å². The van der Waals surface area contributed by atoms with Gasteiger partial charge >= 0.3 is 5.97 Å². The maximum Gasteiger partial charge on any atom is 0.311 e. The van der Waals surface area contributed by atoms with E-state index in [1.807, 2.05) is 12.1 Å². The van der Waals surface area contributed by atoms with Crippen LogP contribution < -0.4 is 9.47 Å². The number of aliphatic carboxylic acids is 1. The van der Waals surface area contributed by atoms with Gasteiger partial charge in [0.1, 0.15) is 17.2 Å². The number of rotatable bonds is 8. The predicted octanol–water partition coefficient (Wildman–Crippen LogP) is 7.05. The predicted molar refractivity (Wildman–Crippen MR) is 130 cm³/mol. The van der Waals surface area contributed by atoms with E-state index >= 15 is 0 Å². The molecular weight excluding hydrogens is 508 g/mol. The lowest BCUT2D eigenvalue weighted by Crippen LogP contribution is -2.20. The van der Waals surface area contributed by atoms with Crippen molar-refractivity contribution in [3.8, 4) is 17.2 Å². The van der Waals surface area contributed by atoms with E-state index in [1.54, 1.807) is 36.4 Å². The monoisotopic (exact) mass is 528 g/mol. The number of ether oxygens (including phenoxy) is 2.